The van der Waals surface area contributed by atoms with Crippen LogP contribution in [0.1, 0.15) is 16.3 Å². The molecule has 0 aliphatic carbocycles. The molecule has 160 valence electrons. The molecule has 0 unspecified atom stereocenters. The lowest BCUT2D eigenvalue weighted by molar-refractivity contribution is -0.111. The maximum absolute atomic E-state index is 12.5. The average molecular weight is 454 g/mol. The van der Waals surface area contributed by atoms with E-state index >= 15 is 0 Å². The molecule has 0 atom stereocenters. The molecule has 0 aliphatic heterocycles. The number of ether oxygens (including phenoxy) is 1. The lowest BCUT2D eigenvalue weighted by Gasteiger charge is -2.12. The van der Waals surface area contributed by atoms with Gasteiger partial charge in [0.25, 0.3) is 5.24 Å². The summed E-state index contributed by atoms with van der Waals surface area (Å²) in [5.74, 6) is 0.375. The second kappa shape index (κ2) is 10.8. The Kier molecular flexibility index (Phi) is 7.86. The maximum atomic E-state index is 12.5. The lowest BCUT2D eigenvalue weighted by atomic mass is 10.2. The van der Waals surface area contributed by atoms with Gasteiger partial charge in [-0.1, -0.05) is 30.3 Å². The summed E-state index contributed by atoms with van der Waals surface area (Å²) in [5.41, 5.74) is 2.25. The Balaban J connectivity index is 1.66. The topological polar surface area (TPSA) is 71.5 Å². The third kappa shape index (κ3) is 6.70. The van der Waals surface area contributed by atoms with Gasteiger partial charge in [-0.3, -0.25) is 9.59 Å². The van der Waals surface area contributed by atoms with Crippen LogP contribution in [0.2, 0.25) is 0 Å². The van der Waals surface area contributed by atoms with E-state index in [0.29, 0.717) is 22.9 Å². The Hall–Kier alpha value is -3.10. The van der Waals surface area contributed by atoms with Crippen molar-refractivity contribution in [2.75, 3.05) is 19.4 Å². The van der Waals surface area contributed by atoms with Gasteiger partial charge in [0.1, 0.15) is 12.4 Å². The van der Waals surface area contributed by atoms with Gasteiger partial charge in [0, 0.05) is 36.0 Å². The summed E-state index contributed by atoms with van der Waals surface area (Å²) in [6, 6.07) is 14.7. The van der Waals surface area contributed by atoms with Crippen LogP contribution < -0.4 is 10.1 Å². The fourth-order valence-corrected chi connectivity index (χ4v) is 3.90. The van der Waals surface area contributed by atoms with Gasteiger partial charge in [0.15, 0.2) is 0 Å². The summed E-state index contributed by atoms with van der Waals surface area (Å²) in [6.07, 6.45) is 3.15. The number of anilines is 1. The first kappa shape index (κ1) is 22.6. The summed E-state index contributed by atoms with van der Waals surface area (Å²) in [4.78, 5) is 31.1. The Bertz CT molecular complexity index is 1090. The lowest BCUT2D eigenvalue weighted by Crippen LogP contribution is -2.16. The first-order valence-electron chi connectivity index (χ1n) is 9.52. The number of hydrogen-bond donors (Lipinski definition) is 1. The number of aryl methyl sites for hydroxylation is 1. The molecule has 0 bridgehead atoms. The molecule has 31 heavy (non-hydrogen) atoms. The van der Waals surface area contributed by atoms with Crippen molar-refractivity contribution in [3.05, 3.63) is 76.3 Å². The second-order valence-electron chi connectivity index (χ2n) is 6.77. The van der Waals surface area contributed by atoms with E-state index in [-0.39, 0.29) is 11.1 Å². The van der Waals surface area contributed by atoms with E-state index in [2.05, 4.69) is 10.3 Å². The molecule has 0 radical (unpaired) electrons. The van der Waals surface area contributed by atoms with E-state index in [1.54, 1.807) is 43.6 Å². The fraction of sp³-hybridized carbons (Fsp3) is 0.174. The zero-order valence-electron chi connectivity index (χ0n) is 17.5. The SMILES string of the molecule is Cc1nc(COc2ccccc2/C=C/C(=O)Nc2ccccc2SC(=O)N(C)C)cs1. The molecule has 0 saturated carbocycles. The molecule has 0 fully saturated rings. The zero-order valence-corrected chi connectivity index (χ0v) is 19.1. The van der Waals surface area contributed by atoms with Gasteiger partial charge < -0.3 is 15.0 Å². The van der Waals surface area contributed by atoms with Crippen LogP contribution in [0.15, 0.2) is 64.9 Å². The number of amides is 2. The summed E-state index contributed by atoms with van der Waals surface area (Å²) in [7, 11) is 3.38. The van der Waals surface area contributed by atoms with E-state index in [0.717, 1.165) is 28.0 Å². The van der Waals surface area contributed by atoms with Crippen LogP contribution in [0.5, 0.6) is 5.75 Å². The molecule has 3 aromatic rings. The van der Waals surface area contributed by atoms with Crippen LogP contribution in [-0.4, -0.2) is 35.1 Å². The number of carbonyl (C=O) groups is 2. The first-order chi connectivity index (χ1) is 14.9. The maximum Gasteiger partial charge on any atom is 0.286 e. The standard InChI is InChI=1S/C23H23N3O3S2/c1-16-24-18(15-30-16)14-29-20-10-6-4-8-17(20)12-13-22(27)25-19-9-5-7-11-21(19)31-23(28)26(2)3/h4-13,15H,14H2,1-3H3,(H,25,27)/b13-12+. The third-order valence-electron chi connectivity index (χ3n) is 4.08. The number of thiazole rings is 1. The van der Waals surface area contributed by atoms with Gasteiger partial charge >= 0.3 is 0 Å². The molecule has 6 nitrogen and oxygen atoms in total. The fourth-order valence-electron chi connectivity index (χ4n) is 2.56. The van der Waals surface area contributed by atoms with Crippen LogP contribution in [0.3, 0.4) is 0 Å². The highest BCUT2D eigenvalue weighted by Gasteiger charge is 2.11. The van der Waals surface area contributed by atoms with Crippen molar-refractivity contribution in [1.82, 2.24) is 9.88 Å². The van der Waals surface area contributed by atoms with Gasteiger partial charge in [-0.05, 0) is 43.0 Å². The second-order valence-corrected chi connectivity index (χ2v) is 8.82. The van der Waals surface area contributed by atoms with Crippen LogP contribution in [0, 0.1) is 6.92 Å². The highest BCUT2D eigenvalue weighted by molar-refractivity contribution is 8.13. The Labute approximate surface area is 190 Å². The summed E-state index contributed by atoms with van der Waals surface area (Å²) < 4.78 is 5.89. The molecule has 0 aliphatic rings. The number of para-hydroxylation sites is 2. The summed E-state index contributed by atoms with van der Waals surface area (Å²) in [5, 5.41) is 5.69. The summed E-state index contributed by atoms with van der Waals surface area (Å²) in [6.45, 7) is 2.32. The number of hydrogen-bond acceptors (Lipinski definition) is 6. The van der Waals surface area contributed by atoms with Gasteiger partial charge in [0.05, 0.1) is 16.4 Å². The first-order valence-corrected chi connectivity index (χ1v) is 11.2. The van der Waals surface area contributed by atoms with E-state index < -0.39 is 0 Å². The van der Waals surface area contributed by atoms with E-state index in [1.165, 1.54) is 11.0 Å². The highest BCUT2D eigenvalue weighted by atomic mass is 32.2. The Morgan fingerprint density at radius 2 is 1.90 bits per heavy atom. The Morgan fingerprint density at radius 1 is 1.16 bits per heavy atom. The third-order valence-corrected chi connectivity index (χ3v) is 6.02. The molecular formula is C23H23N3O3S2. The molecule has 1 heterocycles. The van der Waals surface area contributed by atoms with Crippen LogP contribution in [-0.2, 0) is 11.4 Å². The van der Waals surface area contributed by atoms with Crippen LogP contribution in [0.4, 0.5) is 10.5 Å². The quantitative estimate of drug-likeness (QED) is 0.380. The molecule has 0 spiro atoms. The molecule has 2 aromatic carbocycles. The Morgan fingerprint density at radius 3 is 2.65 bits per heavy atom. The number of benzene rings is 2. The molecule has 1 N–H and O–H groups in total. The summed E-state index contributed by atoms with van der Waals surface area (Å²) >= 11 is 2.65. The van der Waals surface area contributed by atoms with Crippen molar-refractivity contribution < 1.29 is 14.3 Å². The molecule has 3 rings (SSSR count). The largest absolute Gasteiger partial charge is 0.487 e. The molecule has 8 heteroatoms. The minimum absolute atomic E-state index is 0.112. The smallest absolute Gasteiger partial charge is 0.286 e. The molecular weight excluding hydrogens is 430 g/mol. The minimum atomic E-state index is -0.296. The monoisotopic (exact) mass is 453 g/mol. The average Bonchev–Trinajstić information content (AvgIpc) is 3.17. The van der Waals surface area contributed by atoms with Gasteiger partial charge in [-0.15, -0.1) is 11.3 Å². The van der Waals surface area contributed by atoms with Crippen LogP contribution >= 0.6 is 23.1 Å². The number of thioether (sulfide) groups is 1. The number of rotatable bonds is 7. The van der Waals surface area contributed by atoms with Gasteiger partial charge in [-0.25, -0.2) is 4.98 Å². The van der Waals surface area contributed by atoms with Crippen molar-refractivity contribution >= 4 is 46.0 Å². The molecule has 1 aromatic heterocycles. The number of nitrogens with zero attached hydrogens (tertiary/aromatic N) is 2. The van der Waals surface area contributed by atoms with E-state index in [1.807, 2.05) is 48.7 Å². The molecule has 0 saturated heterocycles. The normalized spacial score (nSPS) is 10.8. The predicted molar refractivity (Wildman–Crippen MR) is 127 cm³/mol. The van der Waals surface area contributed by atoms with Crippen molar-refractivity contribution in [1.29, 1.82) is 0 Å². The van der Waals surface area contributed by atoms with Gasteiger partial charge in [-0.2, -0.15) is 0 Å². The number of nitrogens with one attached hydrogen (secondary N) is 1. The zero-order chi connectivity index (χ0) is 22.2. The van der Waals surface area contributed by atoms with E-state index in [4.69, 9.17) is 4.74 Å². The van der Waals surface area contributed by atoms with Crippen molar-refractivity contribution in [3.8, 4) is 5.75 Å². The van der Waals surface area contributed by atoms with Crippen molar-refractivity contribution in [2.45, 2.75) is 18.4 Å². The highest BCUT2D eigenvalue weighted by Crippen LogP contribution is 2.28. The van der Waals surface area contributed by atoms with Crippen LogP contribution in [0.25, 0.3) is 6.08 Å². The van der Waals surface area contributed by atoms with E-state index in [9.17, 15) is 9.59 Å². The number of carbonyl (C=O) groups excluding carboxylic acids is 2. The van der Waals surface area contributed by atoms with Crippen molar-refractivity contribution in [3.63, 3.8) is 0 Å². The van der Waals surface area contributed by atoms with Gasteiger partial charge in [0.2, 0.25) is 5.91 Å². The number of aromatic nitrogens is 1. The minimum Gasteiger partial charge on any atom is -0.487 e. The molecule has 2 amide bonds. The predicted octanol–water partition coefficient (Wildman–Crippen LogP) is 5.46. The van der Waals surface area contributed by atoms with Crippen molar-refractivity contribution in [2.24, 2.45) is 0 Å².